The van der Waals surface area contributed by atoms with Crippen LogP contribution in [0, 0.1) is 0 Å². The Morgan fingerprint density at radius 3 is 2.30 bits per heavy atom. The van der Waals surface area contributed by atoms with Crippen LogP contribution in [0.25, 0.3) is 22.0 Å². The van der Waals surface area contributed by atoms with Crippen molar-refractivity contribution in [2.24, 2.45) is 0 Å². The van der Waals surface area contributed by atoms with Crippen LogP contribution in [0.2, 0.25) is 0 Å². The zero-order valence-corrected chi connectivity index (χ0v) is 19.4. The van der Waals surface area contributed by atoms with Crippen LogP contribution in [-0.2, 0) is 14.8 Å². The molecule has 0 unspecified atom stereocenters. The third-order valence-electron chi connectivity index (χ3n) is 5.27. The minimum Gasteiger partial charge on any atom is -0.377 e. The largest absolute Gasteiger partial charge is 0.377 e. The second kappa shape index (κ2) is 9.60. The Hall–Kier alpha value is -3.42. The standard InChI is InChI=1S/C26H26N2O4S/c1-19(2)32-17-16-27-26(29)21-12-14-22(15-13-21)33(30,31)28-18-24(20-8-4-3-5-9-20)23-10-6-7-11-25(23)28/h3-15,18-19H,16-17H2,1-2H3,(H,27,29). The topological polar surface area (TPSA) is 77.4 Å². The zero-order valence-electron chi connectivity index (χ0n) is 18.6. The SMILES string of the molecule is CC(C)OCCNC(=O)c1ccc(S(=O)(=O)n2cc(-c3ccccc3)c3ccccc32)cc1. The van der Waals surface area contributed by atoms with Crippen molar-refractivity contribution < 1.29 is 17.9 Å². The van der Waals surface area contributed by atoms with E-state index >= 15 is 0 Å². The van der Waals surface area contributed by atoms with Crippen molar-refractivity contribution in [1.29, 1.82) is 0 Å². The number of nitrogens with zero attached hydrogens (tertiary/aromatic N) is 1. The maximum atomic E-state index is 13.5. The van der Waals surface area contributed by atoms with Gasteiger partial charge in [0, 0.05) is 29.3 Å². The molecule has 7 heteroatoms. The van der Waals surface area contributed by atoms with Crippen molar-refractivity contribution in [2.45, 2.75) is 24.8 Å². The van der Waals surface area contributed by atoms with E-state index in [-0.39, 0.29) is 16.9 Å². The van der Waals surface area contributed by atoms with Crippen molar-refractivity contribution in [1.82, 2.24) is 9.29 Å². The van der Waals surface area contributed by atoms with Crippen LogP contribution in [0.3, 0.4) is 0 Å². The van der Waals surface area contributed by atoms with Gasteiger partial charge in [-0.1, -0.05) is 48.5 Å². The summed E-state index contributed by atoms with van der Waals surface area (Å²) in [7, 11) is -3.86. The summed E-state index contributed by atoms with van der Waals surface area (Å²) < 4.78 is 33.7. The molecule has 0 spiro atoms. The number of rotatable bonds is 8. The monoisotopic (exact) mass is 462 g/mol. The van der Waals surface area contributed by atoms with E-state index < -0.39 is 10.0 Å². The molecule has 6 nitrogen and oxygen atoms in total. The molecule has 1 N–H and O–H groups in total. The molecule has 0 fully saturated rings. The Bertz CT molecular complexity index is 1360. The predicted molar refractivity (Wildman–Crippen MR) is 130 cm³/mol. The number of carbonyl (C=O) groups excluding carboxylic acids is 1. The Balaban J connectivity index is 1.62. The summed E-state index contributed by atoms with van der Waals surface area (Å²) in [5, 5.41) is 3.62. The average Bonchev–Trinajstić information content (AvgIpc) is 3.23. The van der Waals surface area contributed by atoms with Gasteiger partial charge in [-0.15, -0.1) is 0 Å². The van der Waals surface area contributed by atoms with Gasteiger partial charge in [0.2, 0.25) is 0 Å². The molecule has 4 aromatic rings. The van der Waals surface area contributed by atoms with Gasteiger partial charge < -0.3 is 10.1 Å². The molecule has 0 radical (unpaired) electrons. The first-order chi connectivity index (χ1) is 15.9. The van der Waals surface area contributed by atoms with Crippen LogP contribution in [0.5, 0.6) is 0 Å². The van der Waals surface area contributed by atoms with Crippen LogP contribution >= 0.6 is 0 Å². The van der Waals surface area contributed by atoms with E-state index in [9.17, 15) is 13.2 Å². The van der Waals surface area contributed by atoms with Crippen molar-refractivity contribution in [3.63, 3.8) is 0 Å². The lowest BCUT2D eigenvalue weighted by molar-refractivity contribution is 0.0746. The maximum Gasteiger partial charge on any atom is 0.268 e. The van der Waals surface area contributed by atoms with Gasteiger partial charge in [0.15, 0.2) is 0 Å². The molecule has 0 bridgehead atoms. The predicted octanol–water partition coefficient (Wildman–Crippen LogP) is 4.70. The second-order valence-electron chi connectivity index (χ2n) is 7.93. The lowest BCUT2D eigenvalue weighted by Gasteiger charge is -2.10. The number of carbonyl (C=O) groups is 1. The van der Waals surface area contributed by atoms with Crippen LogP contribution < -0.4 is 5.32 Å². The van der Waals surface area contributed by atoms with Gasteiger partial charge in [-0.25, -0.2) is 12.4 Å². The van der Waals surface area contributed by atoms with Crippen LogP contribution in [0.15, 0.2) is 90.0 Å². The molecule has 3 aromatic carbocycles. The minimum absolute atomic E-state index is 0.0959. The average molecular weight is 463 g/mol. The van der Waals surface area contributed by atoms with Crippen molar-refractivity contribution in [2.75, 3.05) is 13.2 Å². The summed E-state index contributed by atoms with van der Waals surface area (Å²) in [5.74, 6) is -0.274. The van der Waals surface area contributed by atoms with Gasteiger partial charge in [-0.3, -0.25) is 4.79 Å². The minimum atomic E-state index is -3.86. The second-order valence-corrected chi connectivity index (χ2v) is 9.74. The molecule has 0 aliphatic heterocycles. The lowest BCUT2D eigenvalue weighted by Crippen LogP contribution is -2.28. The van der Waals surface area contributed by atoms with Crippen LogP contribution in [-0.4, -0.2) is 37.6 Å². The van der Waals surface area contributed by atoms with E-state index in [0.29, 0.717) is 24.2 Å². The Kier molecular flexibility index (Phi) is 6.62. The Labute approximate surface area is 193 Å². The van der Waals surface area contributed by atoms with Gasteiger partial charge >= 0.3 is 0 Å². The molecule has 1 aromatic heterocycles. The number of para-hydroxylation sites is 1. The number of benzene rings is 3. The fraction of sp³-hybridized carbons (Fsp3) is 0.192. The molecular weight excluding hydrogens is 436 g/mol. The first-order valence-corrected chi connectivity index (χ1v) is 12.2. The number of fused-ring (bicyclic) bond motifs is 1. The molecule has 170 valence electrons. The van der Waals surface area contributed by atoms with E-state index in [1.54, 1.807) is 12.3 Å². The van der Waals surface area contributed by atoms with Gasteiger partial charge in [-0.2, -0.15) is 0 Å². The highest BCUT2D eigenvalue weighted by atomic mass is 32.2. The first kappa shape index (κ1) is 22.8. The van der Waals surface area contributed by atoms with E-state index in [0.717, 1.165) is 16.5 Å². The number of nitrogens with one attached hydrogen (secondary N) is 1. The highest BCUT2D eigenvalue weighted by Crippen LogP contribution is 2.32. The van der Waals surface area contributed by atoms with Gasteiger partial charge in [-0.05, 0) is 49.7 Å². The summed E-state index contributed by atoms with van der Waals surface area (Å²) in [5.41, 5.74) is 2.77. The Morgan fingerprint density at radius 1 is 0.939 bits per heavy atom. The van der Waals surface area contributed by atoms with E-state index in [1.807, 2.05) is 62.4 Å². The van der Waals surface area contributed by atoms with Gasteiger partial charge in [0.1, 0.15) is 0 Å². The highest BCUT2D eigenvalue weighted by Gasteiger charge is 2.22. The molecular formula is C26H26N2O4S. The van der Waals surface area contributed by atoms with Crippen LogP contribution in [0.1, 0.15) is 24.2 Å². The van der Waals surface area contributed by atoms with Crippen molar-refractivity contribution in [3.05, 3.63) is 90.6 Å². The summed E-state index contributed by atoms with van der Waals surface area (Å²) in [6.07, 6.45) is 1.75. The number of aromatic nitrogens is 1. The smallest absolute Gasteiger partial charge is 0.268 e. The number of amides is 1. The fourth-order valence-electron chi connectivity index (χ4n) is 3.65. The molecule has 33 heavy (non-hydrogen) atoms. The maximum absolute atomic E-state index is 13.5. The van der Waals surface area contributed by atoms with E-state index in [1.165, 1.54) is 28.2 Å². The normalized spacial score (nSPS) is 11.7. The highest BCUT2D eigenvalue weighted by molar-refractivity contribution is 7.90. The Morgan fingerprint density at radius 2 is 1.61 bits per heavy atom. The van der Waals surface area contributed by atoms with Crippen molar-refractivity contribution >= 4 is 26.8 Å². The molecule has 1 amide bonds. The quantitative estimate of drug-likeness (QED) is 0.385. The van der Waals surface area contributed by atoms with Gasteiger partial charge in [0.05, 0.1) is 23.1 Å². The summed E-state index contributed by atoms with van der Waals surface area (Å²) in [6, 6.07) is 23.1. The molecule has 0 aliphatic carbocycles. The number of hydrogen-bond acceptors (Lipinski definition) is 4. The van der Waals surface area contributed by atoms with E-state index in [2.05, 4.69) is 5.32 Å². The summed E-state index contributed by atoms with van der Waals surface area (Å²) in [4.78, 5) is 12.4. The zero-order chi connectivity index (χ0) is 23.4. The molecule has 4 rings (SSSR count). The van der Waals surface area contributed by atoms with E-state index in [4.69, 9.17) is 4.74 Å². The fourth-order valence-corrected chi connectivity index (χ4v) is 5.02. The lowest BCUT2D eigenvalue weighted by atomic mass is 10.1. The number of ether oxygens (including phenoxy) is 1. The molecule has 0 aliphatic rings. The molecule has 0 saturated heterocycles. The molecule has 1 heterocycles. The van der Waals surface area contributed by atoms with Crippen LogP contribution in [0.4, 0.5) is 0 Å². The molecule has 0 saturated carbocycles. The van der Waals surface area contributed by atoms with Gasteiger partial charge in [0.25, 0.3) is 15.9 Å². The van der Waals surface area contributed by atoms with Crippen molar-refractivity contribution in [3.8, 4) is 11.1 Å². The first-order valence-electron chi connectivity index (χ1n) is 10.8. The summed E-state index contributed by atoms with van der Waals surface area (Å²) >= 11 is 0. The molecule has 0 atom stereocenters. The third kappa shape index (κ3) is 4.84. The summed E-state index contributed by atoms with van der Waals surface area (Å²) in [6.45, 7) is 4.66. The number of hydrogen-bond donors (Lipinski definition) is 1. The third-order valence-corrected chi connectivity index (χ3v) is 6.96.